The van der Waals surface area contributed by atoms with E-state index >= 15 is 0 Å². The largest absolute Gasteiger partial charge is 0.352 e. The monoisotopic (exact) mass is 345 g/mol. The van der Waals surface area contributed by atoms with Crippen molar-refractivity contribution in [2.45, 2.75) is 71.1 Å². The number of carbonyl (C=O) groups is 2. The molecule has 0 unspecified atom stereocenters. The normalized spacial score (nSPS) is 10.5. The molecule has 2 amide bonds. The van der Waals surface area contributed by atoms with E-state index in [1.54, 1.807) is 24.3 Å². The van der Waals surface area contributed by atoms with Crippen LogP contribution in [0.4, 0.5) is 5.69 Å². The minimum Gasteiger partial charge on any atom is -0.352 e. The van der Waals surface area contributed by atoms with Gasteiger partial charge in [-0.15, -0.1) is 0 Å². The standard InChI is InChI=1S/C21H33N2O2/c1-3-5-6-7-8-9-10-11-12-13-20(24)23-19-16-14-18(15-17-19)21(25)22-4-2/h14-17H,2-13H2,1H3,(H,22,25)(H,23,24). The molecule has 2 N–H and O–H groups in total. The first-order chi connectivity index (χ1) is 12.2. The Morgan fingerprint density at radius 3 is 2.00 bits per heavy atom. The zero-order valence-electron chi connectivity index (χ0n) is 15.6. The van der Waals surface area contributed by atoms with E-state index in [0.29, 0.717) is 18.5 Å². The van der Waals surface area contributed by atoms with Crippen LogP contribution >= 0.6 is 0 Å². The molecule has 1 rings (SSSR count). The number of hydrogen-bond donors (Lipinski definition) is 2. The Morgan fingerprint density at radius 2 is 1.44 bits per heavy atom. The average Bonchev–Trinajstić information content (AvgIpc) is 2.61. The smallest absolute Gasteiger partial charge is 0.251 e. The number of rotatable bonds is 13. The second-order valence-electron chi connectivity index (χ2n) is 6.46. The van der Waals surface area contributed by atoms with Gasteiger partial charge in [-0.3, -0.25) is 9.59 Å². The summed E-state index contributed by atoms with van der Waals surface area (Å²) in [4.78, 5) is 23.6. The SMILES string of the molecule is [CH2]CNC(=O)c1ccc(NC(=O)CCCCCCCCCCC)cc1. The number of benzene rings is 1. The lowest BCUT2D eigenvalue weighted by Gasteiger charge is -2.07. The topological polar surface area (TPSA) is 58.2 Å². The van der Waals surface area contributed by atoms with E-state index < -0.39 is 0 Å². The second kappa shape index (κ2) is 13.5. The van der Waals surface area contributed by atoms with Crippen LogP contribution in [0.1, 0.15) is 81.5 Å². The molecule has 1 aromatic rings. The van der Waals surface area contributed by atoms with Crippen LogP contribution in [0.15, 0.2) is 24.3 Å². The molecule has 0 saturated carbocycles. The van der Waals surface area contributed by atoms with Gasteiger partial charge in [0, 0.05) is 24.2 Å². The second-order valence-corrected chi connectivity index (χ2v) is 6.46. The van der Waals surface area contributed by atoms with Crippen molar-refractivity contribution >= 4 is 17.5 Å². The van der Waals surface area contributed by atoms with Gasteiger partial charge in [0.1, 0.15) is 0 Å². The van der Waals surface area contributed by atoms with E-state index in [-0.39, 0.29) is 11.8 Å². The highest BCUT2D eigenvalue weighted by atomic mass is 16.2. The van der Waals surface area contributed by atoms with E-state index in [1.807, 2.05) is 0 Å². The van der Waals surface area contributed by atoms with Crippen LogP contribution in [-0.2, 0) is 4.79 Å². The molecule has 0 heterocycles. The average molecular weight is 346 g/mol. The summed E-state index contributed by atoms with van der Waals surface area (Å²) in [6.07, 6.45) is 11.8. The van der Waals surface area contributed by atoms with Gasteiger partial charge >= 0.3 is 0 Å². The number of nitrogens with one attached hydrogen (secondary N) is 2. The van der Waals surface area contributed by atoms with Gasteiger partial charge in [0.25, 0.3) is 5.91 Å². The lowest BCUT2D eigenvalue weighted by Crippen LogP contribution is -2.22. The summed E-state index contributed by atoms with van der Waals surface area (Å²) in [5, 5.41) is 5.53. The molecule has 25 heavy (non-hydrogen) atoms. The third-order valence-corrected chi connectivity index (χ3v) is 4.22. The van der Waals surface area contributed by atoms with E-state index in [1.165, 1.54) is 44.9 Å². The molecule has 0 saturated heterocycles. The van der Waals surface area contributed by atoms with Crippen LogP contribution in [0, 0.1) is 6.92 Å². The molecule has 0 aromatic heterocycles. The van der Waals surface area contributed by atoms with Crippen molar-refractivity contribution in [3.63, 3.8) is 0 Å². The van der Waals surface area contributed by atoms with Crippen LogP contribution in [-0.4, -0.2) is 18.4 Å². The van der Waals surface area contributed by atoms with Crippen LogP contribution in [0.2, 0.25) is 0 Å². The minimum atomic E-state index is -0.150. The van der Waals surface area contributed by atoms with Crippen LogP contribution in [0.5, 0.6) is 0 Å². The van der Waals surface area contributed by atoms with Crippen molar-refractivity contribution < 1.29 is 9.59 Å². The minimum absolute atomic E-state index is 0.0397. The summed E-state index contributed by atoms with van der Waals surface area (Å²) in [6.45, 7) is 6.18. The van der Waals surface area contributed by atoms with Gasteiger partial charge in [-0.25, -0.2) is 0 Å². The maximum absolute atomic E-state index is 11.9. The Balaban J connectivity index is 2.13. The molecule has 0 aliphatic heterocycles. The molecule has 1 radical (unpaired) electrons. The number of anilines is 1. The highest BCUT2D eigenvalue weighted by molar-refractivity contribution is 5.95. The Hall–Kier alpha value is -1.84. The van der Waals surface area contributed by atoms with Gasteiger partial charge in [-0.2, -0.15) is 0 Å². The van der Waals surface area contributed by atoms with Crippen molar-refractivity contribution in [2.75, 3.05) is 11.9 Å². The fourth-order valence-corrected chi connectivity index (χ4v) is 2.74. The maximum Gasteiger partial charge on any atom is 0.251 e. The third-order valence-electron chi connectivity index (χ3n) is 4.22. The quantitative estimate of drug-likeness (QED) is 0.488. The van der Waals surface area contributed by atoms with Crippen LogP contribution < -0.4 is 10.6 Å². The molecule has 1 aromatic carbocycles. The molecule has 0 aliphatic rings. The lowest BCUT2D eigenvalue weighted by atomic mass is 10.1. The number of unbranched alkanes of at least 4 members (excludes halogenated alkanes) is 8. The predicted molar refractivity (Wildman–Crippen MR) is 105 cm³/mol. The number of amides is 2. The first-order valence-corrected chi connectivity index (χ1v) is 9.64. The van der Waals surface area contributed by atoms with Gasteiger partial charge in [0.15, 0.2) is 0 Å². The first kappa shape index (κ1) is 21.2. The summed E-state index contributed by atoms with van der Waals surface area (Å²) >= 11 is 0. The maximum atomic E-state index is 11.9. The molecular formula is C21H33N2O2. The fourth-order valence-electron chi connectivity index (χ4n) is 2.74. The molecular weight excluding hydrogens is 312 g/mol. The van der Waals surface area contributed by atoms with Crippen molar-refractivity contribution in [3.05, 3.63) is 36.8 Å². The van der Waals surface area contributed by atoms with E-state index in [4.69, 9.17) is 0 Å². The van der Waals surface area contributed by atoms with E-state index in [2.05, 4.69) is 24.5 Å². The molecule has 0 spiro atoms. The zero-order chi connectivity index (χ0) is 18.3. The van der Waals surface area contributed by atoms with Crippen molar-refractivity contribution in [1.29, 1.82) is 0 Å². The molecule has 0 bridgehead atoms. The molecule has 4 nitrogen and oxygen atoms in total. The Bertz CT molecular complexity index is 497. The van der Waals surface area contributed by atoms with Crippen LogP contribution in [0.3, 0.4) is 0 Å². The van der Waals surface area contributed by atoms with Gasteiger partial charge < -0.3 is 10.6 Å². The van der Waals surface area contributed by atoms with Gasteiger partial charge in [-0.05, 0) is 37.6 Å². The van der Waals surface area contributed by atoms with E-state index in [0.717, 1.165) is 18.5 Å². The predicted octanol–water partition coefficient (Wildman–Crippen LogP) is 5.11. The summed E-state index contributed by atoms with van der Waals surface area (Å²) in [5.74, 6) is -0.111. The van der Waals surface area contributed by atoms with Crippen molar-refractivity contribution in [1.82, 2.24) is 5.32 Å². The summed E-state index contributed by atoms with van der Waals surface area (Å²) in [5.41, 5.74) is 1.30. The highest BCUT2D eigenvalue weighted by Crippen LogP contribution is 2.13. The van der Waals surface area contributed by atoms with Gasteiger partial charge in [0.05, 0.1) is 0 Å². The Kier molecular flexibility index (Phi) is 11.4. The molecule has 0 atom stereocenters. The van der Waals surface area contributed by atoms with Crippen LogP contribution in [0.25, 0.3) is 0 Å². The van der Waals surface area contributed by atoms with Gasteiger partial charge in [0.2, 0.25) is 5.91 Å². The fraction of sp³-hybridized carbons (Fsp3) is 0.571. The third kappa shape index (κ3) is 9.90. The molecule has 139 valence electrons. The summed E-state index contributed by atoms with van der Waals surface area (Å²) in [7, 11) is 0. The molecule has 0 aliphatic carbocycles. The first-order valence-electron chi connectivity index (χ1n) is 9.64. The van der Waals surface area contributed by atoms with Gasteiger partial charge in [-0.1, -0.05) is 58.3 Å². The number of hydrogen-bond acceptors (Lipinski definition) is 2. The van der Waals surface area contributed by atoms with E-state index in [9.17, 15) is 9.59 Å². The summed E-state index contributed by atoms with van der Waals surface area (Å²) in [6, 6.07) is 6.93. The zero-order valence-corrected chi connectivity index (χ0v) is 15.6. The molecule has 0 fully saturated rings. The summed E-state index contributed by atoms with van der Waals surface area (Å²) < 4.78 is 0. The Morgan fingerprint density at radius 1 is 0.880 bits per heavy atom. The highest BCUT2D eigenvalue weighted by Gasteiger charge is 2.05. The van der Waals surface area contributed by atoms with Crippen molar-refractivity contribution in [3.8, 4) is 0 Å². The Labute approximate surface area is 152 Å². The van der Waals surface area contributed by atoms with Crippen molar-refractivity contribution in [2.24, 2.45) is 0 Å². The molecule has 4 heteroatoms. The lowest BCUT2D eigenvalue weighted by molar-refractivity contribution is -0.116. The number of carbonyl (C=O) groups excluding carboxylic acids is 2.